The van der Waals surface area contributed by atoms with E-state index >= 15 is 0 Å². The van der Waals surface area contributed by atoms with E-state index in [2.05, 4.69) is 46.3 Å². The third-order valence-corrected chi connectivity index (χ3v) is 6.05. The van der Waals surface area contributed by atoms with Crippen LogP contribution in [0.15, 0.2) is 71.6 Å². The average molecular weight is 364 g/mol. The van der Waals surface area contributed by atoms with E-state index in [0.717, 1.165) is 36.5 Å². The third kappa shape index (κ3) is 3.75. The number of halogens is 1. The standard InChI is InChI=1S/C22H21FN2S/c1-16-6-4-9-19(24-16)15-25-13-12-21(17-7-5-8-18(23)14-17)26-22-11-3-2-10-20(22)25/h2-11,14,21H,12-13,15H2,1H3. The maximum absolute atomic E-state index is 13.7. The van der Waals surface area contributed by atoms with Crippen molar-refractivity contribution in [1.82, 2.24) is 4.98 Å². The van der Waals surface area contributed by atoms with Gasteiger partial charge < -0.3 is 4.90 Å². The minimum absolute atomic E-state index is 0.165. The van der Waals surface area contributed by atoms with Crippen molar-refractivity contribution in [2.24, 2.45) is 0 Å². The topological polar surface area (TPSA) is 16.1 Å². The molecule has 2 heterocycles. The molecule has 3 aromatic rings. The fraction of sp³-hybridized carbons (Fsp3) is 0.227. The van der Waals surface area contributed by atoms with Crippen molar-refractivity contribution in [3.63, 3.8) is 0 Å². The van der Waals surface area contributed by atoms with Gasteiger partial charge in [-0.25, -0.2) is 4.39 Å². The Hall–Kier alpha value is -2.33. The van der Waals surface area contributed by atoms with E-state index in [-0.39, 0.29) is 11.1 Å². The number of benzene rings is 2. The molecule has 1 unspecified atom stereocenters. The van der Waals surface area contributed by atoms with Crippen LogP contribution in [0.25, 0.3) is 0 Å². The first kappa shape index (κ1) is 17.1. The molecule has 0 fully saturated rings. The zero-order valence-electron chi connectivity index (χ0n) is 14.7. The monoisotopic (exact) mass is 364 g/mol. The SMILES string of the molecule is Cc1cccc(CN2CCC(c3cccc(F)c3)Sc3ccccc32)n1. The van der Waals surface area contributed by atoms with E-state index in [1.165, 1.54) is 16.6 Å². The predicted octanol–water partition coefficient (Wildman–Crippen LogP) is 5.77. The lowest BCUT2D eigenvalue weighted by atomic mass is 10.1. The molecule has 1 aliphatic rings. The lowest BCUT2D eigenvalue weighted by molar-refractivity contribution is 0.623. The van der Waals surface area contributed by atoms with Gasteiger partial charge in [0.05, 0.1) is 17.9 Å². The van der Waals surface area contributed by atoms with Gasteiger partial charge in [0.15, 0.2) is 0 Å². The molecule has 1 atom stereocenters. The molecule has 0 N–H and O–H groups in total. The van der Waals surface area contributed by atoms with Gasteiger partial charge in [0.2, 0.25) is 0 Å². The number of fused-ring (bicyclic) bond motifs is 1. The van der Waals surface area contributed by atoms with Crippen molar-refractivity contribution in [2.45, 2.75) is 30.0 Å². The Balaban J connectivity index is 1.64. The molecule has 4 rings (SSSR count). The summed E-state index contributed by atoms with van der Waals surface area (Å²) >= 11 is 1.83. The van der Waals surface area contributed by atoms with E-state index in [9.17, 15) is 4.39 Å². The Bertz CT molecular complexity index is 912. The van der Waals surface area contributed by atoms with Crippen LogP contribution in [-0.2, 0) is 6.54 Å². The normalized spacial score (nSPS) is 16.8. The molecule has 2 nitrogen and oxygen atoms in total. The summed E-state index contributed by atoms with van der Waals surface area (Å²) in [5.41, 5.74) is 4.41. The molecule has 0 amide bonds. The predicted molar refractivity (Wildman–Crippen MR) is 106 cm³/mol. The largest absolute Gasteiger partial charge is 0.365 e. The van der Waals surface area contributed by atoms with Gasteiger partial charge in [0, 0.05) is 22.4 Å². The van der Waals surface area contributed by atoms with E-state index in [0.29, 0.717) is 0 Å². The molecule has 0 aliphatic carbocycles. The lowest BCUT2D eigenvalue weighted by Gasteiger charge is -2.24. The number of aryl methyl sites for hydroxylation is 1. The van der Waals surface area contributed by atoms with Crippen LogP contribution in [0.1, 0.15) is 28.6 Å². The van der Waals surface area contributed by atoms with Crippen LogP contribution in [0.5, 0.6) is 0 Å². The third-order valence-electron chi connectivity index (χ3n) is 4.66. The quantitative estimate of drug-likeness (QED) is 0.587. The number of nitrogens with zero attached hydrogens (tertiary/aromatic N) is 2. The van der Waals surface area contributed by atoms with Crippen molar-refractivity contribution in [3.8, 4) is 0 Å². The molecular weight excluding hydrogens is 343 g/mol. The van der Waals surface area contributed by atoms with Gasteiger partial charge in [-0.1, -0.05) is 30.3 Å². The zero-order valence-corrected chi connectivity index (χ0v) is 15.5. The highest BCUT2D eigenvalue weighted by Crippen LogP contribution is 2.45. The van der Waals surface area contributed by atoms with Crippen LogP contribution in [0.4, 0.5) is 10.1 Å². The van der Waals surface area contributed by atoms with Crippen LogP contribution in [0.3, 0.4) is 0 Å². The molecule has 4 heteroatoms. The van der Waals surface area contributed by atoms with Gasteiger partial charge in [-0.15, -0.1) is 11.8 Å². The molecule has 0 radical (unpaired) electrons. The summed E-state index contributed by atoms with van der Waals surface area (Å²) in [5.74, 6) is -0.165. The Morgan fingerprint density at radius 2 is 1.92 bits per heavy atom. The molecule has 1 aliphatic heterocycles. The number of rotatable bonds is 3. The molecular formula is C22H21FN2S. The van der Waals surface area contributed by atoms with Gasteiger partial charge in [0.25, 0.3) is 0 Å². The highest BCUT2D eigenvalue weighted by atomic mass is 32.2. The van der Waals surface area contributed by atoms with Crippen LogP contribution >= 0.6 is 11.8 Å². The van der Waals surface area contributed by atoms with E-state index in [1.54, 1.807) is 12.1 Å². The minimum atomic E-state index is -0.165. The van der Waals surface area contributed by atoms with Crippen molar-refractivity contribution in [3.05, 3.63) is 89.5 Å². The van der Waals surface area contributed by atoms with Crippen LogP contribution in [-0.4, -0.2) is 11.5 Å². The van der Waals surface area contributed by atoms with Crippen molar-refractivity contribution < 1.29 is 4.39 Å². The molecule has 0 saturated heterocycles. The number of hydrogen-bond donors (Lipinski definition) is 0. The molecule has 0 saturated carbocycles. The summed E-state index contributed by atoms with van der Waals surface area (Å²) < 4.78 is 13.7. The smallest absolute Gasteiger partial charge is 0.123 e. The molecule has 26 heavy (non-hydrogen) atoms. The van der Waals surface area contributed by atoms with Crippen molar-refractivity contribution in [2.75, 3.05) is 11.4 Å². The summed E-state index contributed by atoms with van der Waals surface area (Å²) in [6.07, 6.45) is 0.967. The summed E-state index contributed by atoms with van der Waals surface area (Å²) in [6, 6.07) is 21.7. The second-order valence-corrected chi connectivity index (χ2v) is 7.85. The maximum Gasteiger partial charge on any atom is 0.123 e. The van der Waals surface area contributed by atoms with E-state index in [4.69, 9.17) is 0 Å². The van der Waals surface area contributed by atoms with Gasteiger partial charge in [-0.2, -0.15) is 0 Å². The Kier molecular flexibility index (Phi) is 4.93. The summed E-state index contributed by atoms with van der Waals surface area (Å²) in [5, 5.41) is 0.252. The van der Waals surface area contributed by atoms with Crippen LogP contribution in [0.2, 0.25) is 0 Å². The summed E-state index contributed by atoms with van der Waals surface area (Å²) in [7, 11) is 0. The highest BCUT2D eigenvalue weighted by Gasteiger charge is 2.23. The minimum Gasteiger partial charge on any atom is -0.365 e. The van der Waals surface area contributed by atoms with Crippen LogP contribution < -0.4 is 4.90 Å². The summed E-state index contributed by atoms with van der Waals surface area (Å²) in [6.45, 7) is 3.73. The number of aromatic nitrogens is 1. The molecule has 0 bridgehead atoms. The molecule has 2 aromatic carbocycles. The second-order valence-electron chi connectivity index (χ2n) is 6.61. The number of anilines is 1. The number of pyridine rings is 1. The first-order valence-electron chi connectivity index (χ1n) is 8.88. The Morgan fingerprint density at radius 1 is 1.08 bits per heavy atom. The average Bonchev–Trinajstić information content (AvgIpc) is 2.82. The molecule has 1 aromatic heterocycles. The summed E-state index contributed by atoms with van der Waals surface area (Å²) in [4.78, 5) is 8.30. The molecule has 0 spiro atoms. The lowest BCUT2D eigenvalue weighted by Crippen LogP contribution is -2.24. The number of thioether (sulfide) groups is 1. The highest BCUT2D eigenvalue weighted by molar-refractivity contribution is 7.99. The Morgan fingerprint density at radius 3 is 2.77 bits per heavy atom. The van der Waals surface area contributed by atoms with Crippen LogP contribution in [0, 0.1) is 12.7 Å². The van der Waals surface area contributed by atoms with Gasteiger partial charge in [-0.05, 0) is 55.3 Å². The zero-order chi connectivity index (χ0) is 17.9. The second kappa shape index (κ2) is 7.50. The van der Waals surface area contributed by atoms with Gasteiger partial charge in [0.1, 0.15) is 5.82 Å². The molecule has 132 valence electrons. The van der Waals surface area contributed by atoms with Gasteiger partial charge in [-0.3, -0.25) is 4.98 Å². The fourth-order valence-corrected chi connectivity index (χ4v) is 4.70. The van der Waals surface area contributed by atoms with Gasteiger partial charge >= 0.3 is 0 Å². The van der Waals surface area contributed by atoms with Crippen molar-refractivity contribution in [1.29, 1.82) is 0 Å². The van der Waals surface area contributed by atoms with E-state index < -0.39 is 0 Å². The number of para-hydroxylation sites is 1. The first-order chi connectivity index (χ1) is 12.7. The fourth-order valence-electron chi connectivity index (χ4n) is 3.41. The Labute approximate surface area is 158 Å². The van der Waals surface area contributed by atoms with E-state index in [1.807, 2.05) is 30.8 Å². The van der Waals surface area contributed by atoms with Crippen molar-refractivity contribution >= 4 is 17.4 Å². The maximum atomic E-state index is 13.7. The number of hydrogen-bond acceptors (Lipinski definition) is 3. The first-order valence-corrected chi connectivity index (χ1v) is 9.75.